The molecular formula is C13H24N4. The fraction of sp³-hybridized carbons (Fsp3) is 0.692. The van der Waals surface area contributed by atoms with E-state index in [9.17, 15) is 0 Å². The van der Waals surface area contributed by atoms with Crippen molar-refractivity contribution in [1.82, 2.24) is 9.97 Å². The molecule has 1 atom stereocenters. The van der Waals surface area contributed by atoms with E-state index in [1.165, 1.54) is 0 Å². The molecule has 4 heteroatoms. The van der Waals surface area contributed by atoms with E-state index in [1.807, 2.05) is 19.4 Å². The first-order chi connectivity index (χ1) is 7.86. The molecule has 0 radical (unpaired) electrons. The van der Waals surface area contributed by atoms with Crippen LogP contribution < -0.4 is 10.6 Å². The Morgan fingerprint density at radius 1 is 1.29 bits per heavy atom. The molecule has 1 heterocycles. The van der Waals surface area contributed by atoms with Crippen LogP contribution in [0.5, 0.6) is 0 Å². The molecule has 1 aromatic rings. The van der Waals surface area contributed by atoms with Gasteiger partial charge in [0.1, 0.15) is 0 Å². The number of anilines is 1. The maximum Gasteiger partial charge on any atom is 0.225 e. The van der Waals surface area contributed by atoms with Crippen molar-refractivity contribution in [3.05, 3.63) is 18.0 Å². The minimum atomic E-state index is 0.202. The Labute approximate surface area is 104 Å². The molecule has 0 spiro atoms. The van der Waals surface area contributed by atoms with Gasteiger partial charge in [-0.3, -0.25) is 0 Å². The van der Waals surface area contributed by atoms with E-state index in [0.717, 1.165) is 17.9 Å². The third-order valence-corrected chi connectivity index (χ3v) is 3.27. The highest BCUT2D eigenvalue weighted by Crippen LogP contribution is 2.25. The first kappa shape index (κ1) is 13.9. The van der Waals surface area contributed by atoms with Crippen LogP contribution in [0.4, 0.5) is 5.95 Å². The summed E-state index contributed by atoms with van der Waals surface area (Å²) in [6, 6.07) is 0.378. The van der Waals surface area contributed by atoms with Gasteiger partial charge < -0.3 is 10.6 Å². The van der Waals surface area contributed by atoms with Gasteiger partial charge in [0.15, 0.2) is 0 Å². The van der Waals surface area contributed by atoms with E-state index in [0.29, 0.717) is 12.6 Å². The number of hydrogen-bond acceptors (Lipinski definition) is 4. The number of rotatable bonds is 4. The summed E-state index contributed by atoms with van der Waals surface area (Å²) in [5.74, 6) is 0.771. The SMILES string of the molecule is CC(N(C)c1ncc(CCN)cn1)C(C)(C)C. The smallest absolute Gasteiger partial charge is 0.225 e. The molecule has 0 aliphatic carbocycles. The van der Waals surface area contributed by atoms with Crippen LogP contribution >= 0.6 is 0 Å². The lowest BCUT2D eigenvalue weighted by molar-refractivity contribution is 0.327. The van der Waals surface area contributed by atoms with Gasteiger partial charge in [-0.15, -0.1) is 0 Å². The fourth-order valence-corrected chi connectivity index (χ4v) is 1.58. The lowest BCUT2D eigenvalue weighted by Crippen LogP contribution is -2.40. The first-order valence-electron chi connectivity index (χ1n) is 6.10. The van der Waals surface area contributed by atoms with Gasteiger partial charge in [0, 0.05) is 25.5 Å². The maximum absolute atomic E-state index is 5.50. The Hall–Kier alpha value is -1.16. The molecule has 17 heavy (non-hydrogen) atoms. The molecule has 0 amide bonds. The Kier molecular flexibility index (Phi) is 4.46. The van der Waals surface area contributed by atoms with Crippen molar-refractivity contribution in [3.8, 4) is 0 Å². The van der Waals surface area contributed by atoms with Crippen LogP contribution in [0, 0.1) is 5.41 Å². The highest BCUT2D eigenvalue weighted by Gasteiger charge is 2.25. The second-order valence-corrected chi connectivity index (χ2v) is 5.58. The number of nitrogens with zero attached hydrogens (tertiary/aromatic N) is 3. The Bertz CT molecular complexity index is 339. The Morgan fingerprint density at radius 3 is 2.24 bits per heavy atom. The third-order valence-electron chi connectivity index (χ3n) is 3.27. The monoisotopic (exact) mass is 236 g/mol. The zero-order valence-electron chi connectivity index (χ0n) is 11.6. The van der Waals surface area contributed by atoms with Gasteiger partial charge in [0.25, 0.3) is 0 Å². The number of nitrogens with two attached hydrogens (primary N) is 1. The minimum absolute atomic E-state index is 0.202. The summed E-state index contributed by atoms with van der Waals surface area (Å²) in [5.41, 5.74) is 6.79. The molecule has 1 unspecified atom stereocenters. The molecule has 0 bridgehead atoms. The van der Waals surface area contributed by atoms with E-state index in [-0.39, 0.29) is 5.41 Å². The molecule has 0 saturated heterocycles. The van der Waals surface area contributed by atoms with Crippen LogP contribution in [0.25, 0.3) is 0 Å². The van der Waals surface area contributed by atoms with Crippen molar-refractivity contribution in [2.24, 2.45) is 11.1 Å². The van der Waals surface area contributed by atoms with Crippen molar-refractivity contribution >= 4 is 5.95 Å². The zero-order chi connectivity index (χ0) is 13.1. The first-order valence-corrected chi connectivity index (χ1v) is 6.10. The molecule has 0 aromatic carbocycles. The van der Waals surface area contributed by atoms with E-state index in [2.05, 4.69) is 42.6 Å². The van der Waals surface area contributed by atoms with E-state index >= 15 is 0 Å². The summed E-state index contributed by atoms with van der Waals surface area (Å²) >= 11 is 0. The summed E-state index contributed by atoms with van der Waals surface area (Å²) in [6.45, 7) is 9.49. The van der Waals surface area contributed by atoms with Gasteiger partial charge >= 0.3 is 0 Å². The number of hydrogen-bond donors (Lipinski definition) is 1. The molecule has 4 nitrogen and oxygen atoms in total. The second kappa shape index (κ2) is 5.45. The second-order valence-electron chi connectivity index (χ2n) is 5.58. The standard InChI is InChI=1S/C13H24N4/c1-10(13(2,3)4)17(5)12-15-8-11(6-7-14)9-16-12/h8-10H,6-7,14H2,1-5H3. The van der Waals surface area contributed by atoms with Gasteiger partial charge in [-0.1, -0.05) is 20.8 Å². The molecule has 0 aliphatic rings. The van der Waals surface area contributed by atoms with Crippen LogP contribution in [-0.4, -0.2) is 29.6 Å². The highest BCUT2D eigenvalue weighted by molar-refractivity contribution is 5.30. The molecule has 96 valence electrons. The molecule has 0 fully saturated rings. The largest absolute Gasteiger partial charge is 0.341 e. The average Bonchev–Trinajstić information content (AvgIpc) is 2.27. The molecule has 1 aromatic heterocycles. The Morgan fingerprint density at radius 2 is 1.82 bits per heavy atom. The lowest BCUT2D eigenvalue weighted by Gasteiger charge is -2.35. The highest BCUT2D eigenvalue weighted by atomic mass is 15.2. The van der Waals surface area contributed by atoms with Crippen LogP contribution in [0.2, 0.25) is 0 Å². The van der Waals surface area contributed by atoms with Crippen molar-refractivity contribution in [1.29, 1.82) is 0 Å². The topological polar surface area (TPSA) is 55.0 Å². The van der Waals surface area contributed by atoms with Gasteiger partial charge in [0.2, 0.25) is 5.95 Å². The number of aromatic nitrogens is 2. The zero-order valence-corrected chi connectivity index (χ0v) is 11.6. The summed E-state index contributed by atoms with van der Waals surface area (Å²) in [5, 5.41) is 0. The Balaban J connectivity index is 2.79. The van der Waals surface area contributed by atoms with Crippen LogP contribution in [0.3, 0.4) is 0 Å². The predicted octanol–water partition coefficient (Wildman–Crippen LogP) is 1.85. The summed E-state index contributed by atoms with van der Waals surface area (Å²) < 4.78 is 0. The van der Waals surface area contributed by atoms with Crippen molar-refractivity contribution < 1.29 is 0 Å². The minimum Gasteiger partial charge on any atom is -0.341 e. The van der Waals surface area contributed by atoms with E-state index in [4.69, 9.17) is 5.73 Å². The normalized spacial score (nSPS) is 13.5. The van der Waals surface area contributed by atoms with Crippen molar-refractivity contribution in [2.75, 3.05) is 18.5 Å². The van der Waals surface area contributed by atoms with Crippen molar-refractivity contribution in [3.63, 3.8) is 0 Å². The van der Waals surface area contributed by atoms with E-state index < -0.39 is 0 Å². The molecule has 0 saturated carbocycles. The van der Waals surface area contributed by atoms with Gasteiger partial charge in [-0.05, 0) is 30.9 Å². The van der Waals surface area contributed by atoms with Crippen LogP contribution in [-0.2, 0) is 6.42 Å². The average molecular weight is 236 g/mol. The molecular weight excluding hydrogens is 212 g/mol. The molecule has 2 N–H and O–H groups in total. The maximum atomic E-state index is 5.50. The van der Waals surface area contributed by atoms with Crippen LogP contribution in [0.1, 0.15) is 33.3 Å². The van der Waals surface area contributed by atoms with E-state index in [1.54, 1.807) is 0 Å². The van der Waals surface area contributed by atoms with Gasteiger partial charge in [-0.25, -0.2) is 9.97 Å². The fourth-order valence-electron chi connectivity index (χ4n) is 1.58. The lowest BCUT2D eigenvalue weighted by atomic mass is 9.87. The van der Waals surface area contributed by atoms with Gasteiger partial charge in [-0.2, -0.15) is 0 Å². The predicted molar refractivity (Wildman–Crippen MR) is 72.1 cm³/mol. The quantitative estimate of drug-likeness (QED) is 0.867. The summed E-state index contributed by atoms with van der Waals surface area (Å²) in [4.78, 5) is 10.9. The van der Waals surface area contributed by atoms with Crippen LogP contribution in [0.15, 0.2) is 12.4 Å². The molecule has 1 rings (SSSR count). The third kappa shape index (κ3) is 3.66. The summed E-state index contributed by atoms with van der Waals surface area (Å²) in [7, 11) is 2.04. The van der Waals surface area contributed by atoms with Crippen molar-refractivity contribution in [2.45, 2.75) is 40.2 Å². The van der Waals surface area contributed by atoms with Gasteiger partial charge in [0.05, 0.1) is 0 Å². The molecule has 0 aliphatic heterocycles. The summed E-state index contributed by atoms with van der Waals surface area (Å²) in [6.07, 6.45) is 4.56.